The molecule has 2 aliphatic heterocycles. The zero-order valence-electron chi connectivity index (χ0n) is 19.6. The number of benzene rings is 1. The summed E-state index contributed by atoms with van der Waals surface area (Å²) in [5, 5.41) is 0. The maximum atomic E-state index is 13.5. The maximum absolute atomic E-state index is 13.5. The minimum absolute atomic E-state index is 0.0124. The zero-order valence-corrected chi connectivity index (χ0v) is 19.6. The average Bonchev–Trinajstić information content (AvgIpc) is 3.38. The summed E-state index contributed by atoms with van der Waals surface area (Å²) in [6, 6.07) is 5.27. The normalized spacial score (nSPS) is 21.4. The highest BCUT2D eigenvalue weighted by molar-refractivity contribution is 5.95. The van der Waals surface area contributed by atoms with Crippen LogP contribution in [0.25, 0.3) is 0 Å². The van der Waals surface area contributed by atoms with Gasteiger partial charge in [-0.1, -0.05) is 12.8 Å². The molecule has 0 spiro atoms. The van der Waals surface area contributed by atoms with E-state index in [9.17, 15) is 9.59 Å². The molecule has 0 aromatic heterocycles. The number of likely N-dealkylation sites (tertiary alicyclic amines) is 1. The molecule has 7 nitrogen and oxygen atoms in total. The van der Waals surface area contributed by atoms with Crippen LogP contribution in [0.15, 0.2) is 18.2 Å². The molecule has 0 N–H and O–H groups in total. The number of ether oxygens (including phenoxy) is 2. The number of rotatable bonds is 6. The van der Waals surface area contributed by atoms with Crippen molar-refractivity contribution in [1.82, 2.24) is 14.7 Å². The average molecular weight is 444 g/mol. The lowest BCUT2D eigenvalue weighted by Gasteiger charge is -2.43. The molecule has 3 fully saturated rings. The van der Waals surface area contributed by atoms with Crippen molar-refractivity contribution < 1.29 is 19.1 Å². The second-order valence-corrected chi connectivity index (χ2v) is 9.30. The SMILES string of the molecule is COc1cc(OC)cc(C(=O)N2CCN([C@H](C(=O)N3CCCCC3)C3CCCC3)CC2)c1. The molecule has 2 heterocycles. The number of piperazine rings is 1. The van der Waals surface area contributed by atoms with E-state index in [2.05, 4.69) is 9.80 Å². The number of hydrogen-bond donors (Lipinski definition) is 0. The molecule has 1 aromatic carbocycles. The summed E-state index contributed by atoms with van der Waals surface area (Å²) in [5.41, 5.74) is 0.575. The molecule has 1 atom stereocenters. The monoisotopic (exact) mass is 443 g/mol. The van der Waals surface area contributed by atoms with Crippen LogP contribution in [0.5, 0.6) is 11.5 Å². The summed E-state index contributed by atoms with van der Waals surface area (Å²) in [4.78, 5) is 33.1. The van der Waals surface area contributed by atoms with Crippen molar-refractivity contribution in [3.63, 3.8) is 0 Å². The van der Waals surface area contributed by atoms with E-state index in [-0.39, 0.29) is 11.9 Å². The van der Waals surface area contributed by atoms with Crippen molar-refractivity contribution in [2.45, 2.75) is 51.0 Å². The van der Waals surface area contributed by atoms with Crippen molar-refractivity contribution in [3.8, 4) is 11.5 Å². The molecule has 3 aliphatic rings. The Bertz CT molecular complexity index is 772. The predicted molar refractivity (Wildman–Crippen MR) is 123 cm³/mol. The summed E-state index contributed by atoms with van der Waals surface area (Å²) in [5.74, 6) is 1.99. The second kappa shape index (κ2) is 10.6. The van der Waals surface area contributed by atoms with Crippen molar-refractivity contribution in [1.29, 1.82) is 0 Å². The summed E-state index contributed by atoms with van der Waals surface area (Å²) in [6.07, 6.45) is 8.22. The fourth-order valence-corrected chi connectivity index (χ4v) is 5.55. The van der Waals surface area contributed by atoms with Crippen LogP contribution < -0.4 is 9.47 Å². The van der Waals surface area contributed by atoms with Crippen molar-refractivity contribution >= 4 is 11.8 Å². The lowest BCUT2D eigenvalue weighted by Crippen LogP contribution is -2.59. The van der Waals surface area contributed by atoms with Gasteiger partial charge in [0.05, 0.1) is 20.3 Å². The number of hydrogen-bond acceptors (Lipinski definition) is 5. The number of piperidine rings is 1. The van der Waals surface area contributed by atoms with Gasteiger partial charge in [-0.15, -0.1) is 0 Å². The molecule has 2 saturated heterocycles. The van der Waals surface area contributed by atoms with Gasteiger partial charge in [-0.05, 0) is 50.2 Å². The van der Waals surface area contributed by atoms with E-state index < -0.39 is 0 Å². The first-order valence-corrected chi connectivity index (χ1v) is 12.2. The Morgan fingerprint density at radius 1 is 0.781 bits per heavy atom. The Morgan fingerprint density at radius 3 is 1.94 bits per heavy atom. The van der Waals surface area contributed by atoms with Gasteiger partial charge in [-0.3, -0.25) is 14.5 Å². The van der Waals surface area contributed by atoms with Crippen LogP contribution in [0.1, 0.15) is 55.3 Å². The number of methoxy groups -OCH3 is 2. The smallest absolute Gasteiger partial charge is 0.254 e. The van der Waals surface area contributed by atoms with Crippen LogP contribution in [0.4, 0.5) is 0 Å². The Labute approximate surface area is 191 Å². The van der Waals surface area contributed by atoms with E-state index in [1.165, 1.54) is 19.3 Å². The first-order valence-electron chi connectivity index (χ1n) is 12.2. The Balaban J connectivity index is 1.43. The van der Waals surface area contributed by atoms with Crippen LogP contribution in [-0.4, -0.2) is 86.0 Å². The van der Waals surface area contributed by atoms with E-state index >= 15 is 0 Å². The van der Waals surface area contributed by atoms with Crippen molar-refractivity contribution in [3.05, 3.63) is 23.8 Å². The second-order valence-electron chi connectivity index (χ2n) is 9.30. The van der Waals surface area contributed by atoms with E-state index in [1.54, 1.807) is 32.4 Å². The largest absolute Gasteiger partial charge is 0.497 e. The molecule has 1 aliphatic carbocycles. The van der Waals surface area contributed by atoms with Gasteiger partial charge >= 0.3 is 0 Å². The summed E-state index contributed by atoms with van der Waals surface area (Å²) in [6.45, 7) is 4.56. The molecule has 7 heteroatoms. The molecule has 0 unspecified atom stereocenters. The Hall–Kier alpha value is -2.28. The molecular weight excluding hydrogens is 406 g/mol. The molecule has 176 valence electrons. The standard InChI is InChI=1S/C25H37N3O4/c1-31-21-16-20(17-22(18-21)32-2)24(29)28-14-12-26(13-15-28)23(19-8-4-5-9-19)25(30)27-10-6-3-7-11-27/h16-19,23H,3-15H2,1-2H3/t23-/m0/s1. The van der Waals surface area contributed by atoms with E-state index in [0.717, 1.165) is 51.9 Å². The summed E-state index contributed by atoms with van der Waals surface area (Å²) in [7, 11) is 3.18. The van der Waals surface area contributed by atoms with E-state index in [0.29, 0.717) is 42.0 Å². The molecule has 4 rings (SSSR count). The number of nitrogens with zero attached hydrogens (tertiary/aromatic N) is 3. The van der Waals surface area contributed by atoms with E-state index in [1.807, 2.05) is 4.90 Å². The lowest BCUT2D eigenvalue weighted by atomic mass is 9.93. The van der Waals surface area contributed by atoms with Crippen molar-refractivity contribution in [2.24, 2.45) is 5.92 Å². The molecule has 0 bridgehead atoms. The number of amides is 2. The first kappa shape index (κ1) is 22.9. The molecule has 1 saturated carbocycles. The van der Waals surface area contributed by atoms with Gasteiger partial charge < -0.3 is 19.3 Å². The Kier molecular flexibility index (Phi) is 7.55. The van der Waals surface area contributed by atoms with Crippen LogP contribution in [0.2, 0.25) is 0 Å². The number of carbonyl (C=O) groups is 2. The van der Waals surface area contributed by atoms with Crippen LogP contribution in [0, 0.1) is 5.92 Å². The van der Waals surface area contributed by atoms with Crippen LogP contribution in [0.3, 0.4) is 0 Å². The minimum Gasteiger partial charge on any atom is -0.497 e. The van der Waals surface area contributed by atoms with Gasteiger partial charge in [0.15, 0.2) is 0 Å². The van der Waals surface area contributed by atoms with Gasteiger partial charge in [0.2, 0.25) is 5.91 Å². The quantitative estimate of drug-likeness (QED) is 0.676. The van der Waals surface area contributed by atoms with Gasteiger partial charge in [-0.2, -0.15) is 0 Å². The summed E-state index contributed by atoms with van der Waals surface area (Å²) >= 11 is 0. The molecule has 0 radical (unpaired) electrons. The van der Waals surface area contributed by atoms with Crippen LogP contribution >= 0.6 is 0 Å². The Morgan fingerprint density at radius 2 is 1.38 bits per heavy atom. The topological polar surface area (TPSA) is 62.3 Å². The highest BCUT2D eigenvalue weighted by atomic mass is 16.5. The van der Waals surface area contributed by atoms with Crippen molar-refractivity contribution in [2.75, 3.05) is 53.5 Å². The van der Waals surface area contributed by atoms with E-state index in [4.69, 9.17) is 9.47 Å². The highest BCUT2D eigenvalue weighted by Crippen LogP contribution is 2.33. The lowest BCUT2D eigenvalue weighted by molar-refractivity contribution is -0.140. The maximum Gasteiger partial charge on any atom is 0.254 e. The zero-order chi connectivity index (χ0) is 22.5. The number of carbonyl (C=O) groups excluding carboxylic acids is 2. The van der Waals surface area contributed by atoms with Gasteiger partial charge in [-0.25, -0.2) is 0 Å². The third kappa shape index (κ3) is 5.03. The van der Waals surface area contributed by atoms with Gasteiger partial charge in [0, 0.05) is 50.9 Å². The molecule has 32 heavy (non-hydrogen) atoms. The van der Waals surface area contributed by atoms with Gasteiger partial charge in [0.1, 0.15) is 11.5 Å². The third-order valence-corrected chi connectivity index (χ3v) is 7.36. The third-order valence-electron chi connectivity index (χ3n) is 7.36. The first-order chi connectivity index (χ1) is 15.6. The predicted octanol–water partition coefficient (Wildman–Crippen LogP) is 3.03. The highest BCUT2D eigenvalue weighted by Gasteiger charge is 2.39. The minimum atomic E-state index is -0.0234. The fourth-order valence-electron chi connectivity index (χ4n) is 5.55. The van der Waals surface area contributed by atoms with Crippen LogP contribution in [-0.2, 0) is 4.79 Å². The summed E-state index contributed by atoms with van der Waals surface area (Å²) < 4.78 is 10.6. The molecule has 1 aromatic rings. The molecule has 2 amide bonds. The molecular formula is C25H37N3O4. The van der Waals surface area contributed by atoms with Gasteiger partial charge in [0.25, 0.3) is 5.91 Å². The fraction of sp³-hybridized carbons (Fsp3) is 0.680.